The van der Waals surface area contributed by atoms with Crippen LogP contribution in [0.15, 0.2) is 29.6 Å². The number of para-hydroxylation sites is 1. The van der Waals surface area contributed by atoms with Crippen LogP contribution in [0.4, 0.5) is 10.8 Å². The zero-order valence-electron chi connectivity index (χ0n) is 12.5. The standard InChI is InChI=1S/C16H19N3O2S/c1-11-5-2-3-7-13(11)18-16-19-14(10-22-16)15(20)17-9-12-6-4-8-21-12/h2-3,5,7,10,12H,4,6,8-9H2,1H3,(H,17,20)(H,18,19)/t12-/m0/s1. The number of carbonyl (C=O) groups is 1. The van der Waals surface area contributed by atoms with Gasteiger partial charge in [0, 0.05) is 24.2 Å². The molecule has 1 fully saturated rings. The van der Waals surface area contributed by atoms with Crippen molar-refractivity contribution in [3.63, 3.8) is 0 Å². The molecule has 3 rings (SSSR count). The molecule has 1 saturated heterocycles. The summed E-state index contributed by atoms with van der Waals surface area (Å²) in [6.45, 7) is 3.38. The van der Waals surface area contributed by atoms with E-state index in [0.29, 0.717) is 12.2 Å². The van der Waals surface area contributed by atoms with Crippen molar-refractivity contribution in [1.82, 2.24) is 10.3 Å². The highest BCUT2D eigenvalue weighted by atomic mass is 32.1. The number of aryl methyl sites for hydroxylation is 1. The summed E-state index contributed by atoms with van der Waals surface area (Å²) in [4.78, 5) is 16.4. The van der Waals surface area contributed by atoms with Gasteiger partial charge in [0.25, 0.3) is 5.91 Å². The van der Waals surface area contributed by atoms with E-state index in [1.165, 1.54) is 11.3 Å². The predicted molar refractivity (Wildman–Crippen MR) is 87.9 cm³/mol. The van der Waals surface area contributed by atoms with E-state index in [2.05, 4.69) is 15.6 Å². The molecule has 1 aromatic carbocycles. The second-order valence-electron chi connectivity index (χ2n) is 5.32. The first kappa shape index (κ1) is 15.0. The van der Waals surface area contributed by atoms with Crippen molar-refractivity contribution < 1.29 is 9.53 Å². The molecule has 5 nitrogen and oxygen atoms in total. The summed E-state index contributed by atoms with van der Waals surface area (Å²) in [5.41, 5.74) is 2.59. The number of amides is 1. The topological polar surface area (TPSA) is 63.2 Å². The van der Waals surface area contributed by atoms with Crippen molar-refractivity contribution in [2.75, 3.05) is 18.5 Å². The van der Waals surface area contributed by atoms with Crippen LogP contribution >= 0.6 is 11.3 Å². The van der Waals surface area contributed by atoms with Crippen LogP contribution < -0.4 is 10.6 Å². The molecule has 116 valence electrons. The molecular weight excluding hydrogens is 298 g/mol. The molecule has 0 unspecified atom stereocenters. The molecule has 0 saturated carbocycles. The molecule has 1 aromatic heterocycles. The molecule has 1 aliphatic heterocycles. The Bertz CT molecular complexity index is 650. The summed E-state index contributed by atoms with van der Waals surface area (Å²) in [6.07, 6.45) is 2.23. The Morgan fingerprint density at radius 3 is 3.09 bits per heavy atom. The molecule has 0 aliphatic carbocycles. The number of hydrogen-bond acceptors (Lipinski definition) is 5. The second kappa shape index (κ2) is 6.89. The molecule has 0 radical (unpaired) electrons. The molecule has 1 aliphatic rings. The summed E-state index contributed by atoms with van der Waals surface area (Å²) in [5, 5.41) is 8.62. The molecule has 22 heavy (non-hydrogen) atoms. The van der Waals surface area contributed by atoms with Crippen LogP contribution in [0.2, 0.25) is 0 Å². The third kappa shape index (κ3) is 3.64. The average molecular weight is 317 g/mol. The van der Waals surface area contributed by atoms with Crippen molar-refractivity contribution in [2.24, 2.45) is 0 Å². The number of hydrogen-bond donors (Lipinski definition) is 2. The molecule has 0 bridgehead atoms. The van der Waals surface area contributed by atoms with Gasteiger partial charge in [-0.1, -0.05) is 18.2 Å². The van der Waals surface area contributed by atoms with Crippen LogP contribution in [0.1, 0.15) is 28.9 Å². The Hall–Kier alpha value is -1.92. The van der Waals surface area contributed by atoms with E-state index in [4.69, 9.17) is 4.74 Å². The maximum absolute atomic E-state index is 12.1. The first-order valence-corrected chi connectivity index (χ1v) is 8.28. The number of carbonyl (C=O) groups excluding carboxylic acids is 1. The number of rotatable bonds is 5. The molecule has 1 atom stereocenters. The van der Waals surface area contributed by atoms with Crippen molar-refractivity contribution >= 4 is 28.1 Å². The molecule has 6 heteroatoms. The number of benzene rings is 1. The Kier molecular flexibility index (Phi) is 4.70. The summed E-state index contributed by atoms with van der Waals surface area (Å²) in [6, 6.07) is 7.99. The van der Waals surface area contributed by atoms with Gasteiger partial charge < -0.3 is 15.4 Å². The van der Waals surface area contributed by atoms with Gasteiger partial charge in [-0.15, -0.1) is 11.3 Å². The SMILES string of the molecule is Cc1ccccc1Nc1nc(C(=O)NC[C@@H]2CCCO2)cs1. The summed E-state index contributed by atoms with van der Waals surface area (Å²) >= 11 is 1.43. The van der Waals surface area contributed by atoms with Gasteiger partial charge in [-0.3, -0.25) is 4.79 Å². The van der Waals surface area contributed by atoms with Gasteiger partial charge in [-0.05, 0) is 31.4 Å². The van der Waals surface area contributed by atoms with Gasteiger partial charge in [0.05, 0.1) is 6.10 Å². The maximum Gasteiger partial charge on any atom is 0.270 e. The number of thiazole rings is 1. The van der Waals surface area contributed by atoms with E-state index in [0.717, 1.165) is 35.8 Å². The lowest BCUT2D eigenvalue weighted by molar-refractivity contribution is 0.0854. The van der Waals surface area contributed by atoms with Crippen LogP contribution in [0.25, 0.3) is 0 Å². The minimum atomic E-state index is -0.149. The predicted octanol–water partition coefficient (Wildman–Crippen LogP) is 3.10. The van der Waals surface area contributed by atoms with E-state index >= 15 is 0 Å². The van der Waals surface area contributed by atoms with Crippen LogP contribution in [0.5, 0.6) is 0 Å². The fourth-order valence-corrected chi connectivity index (χ4v) is 3.07. The van der Waals surface area contributed by atoms with Crippen molar-refractivity contribution in [3.8, 4) is 0 Å². The largest absolute Gasteiger partial charge is 0.376 e. The number of anilines is 2. The Morgan fingerprint density at radius 1 is 1.45 bits per heavy atom. The van der Waals surface area contributed by atoms with Crippen molar-refractivity contribution in [3.05, 3.63) is 40.9 Å². The van der Waals surface area contributed by atoms with Gasteiger partial charge in [0.2, 0.25) is 0 Å². The average Bonchev–Trinajstić information content (AvgIpc) is 3.19. The molecular formula is C16H19N3O2S. The quantitative estimate of drug-likeness (QED) is 0.889. The normalized spacial score (nSPS) is 17.4. The second-order valence-corrected chi connectivity index (χ2v) is 6.18. The van der Waals surface area contributed by atoms with E-state index in [1.807, 2.05) is 31.2 Å². The molecule has 1 amide bonds. The van der Waals surface area contributed by atoms with Gasteiger partial charge in [-0.25, -0.2) is 4.98 Å². The lowest BCUT2D eigenvalue weighted by Gasteiger charge is -2.09. The fourth-order valence-electron chi connectivity index (χ4n) is 2.37. The minimum absolute atomic E-state index is 0.146. The highest BCUT2D eigenvalue weighted by Crippen LogP contribution is 2.23. The molecule has 2 aromatic rings. The Morgan fingerprint density at radius 2 is 2.32 bits per heavy atom. The van der Waals surface area contributed by atoms with E-state index in [9.17, 15) is 4.79 Å². The van der Waals surface area contributed by atoms with E-state index in [-0.39, 0.29) is 12.0 Å². The smallest absolute Gasteiger partial charge is 0.270 e. The molecule has 0 spiro atoms. The number of nitrogens with one attached hydrogen (secondary N) is 2. The van der Waals surface area contributed by atoms with Crippen LogP contribution in [-0.2, 0) is 4.74 Å². The highest BCUT2D eigenvalue weighted by Gasteiger charge is 2.17. The van der Waals surface area contributed by atoms with E-state index < -0.39 is 0 Å². The lowest BCUT2D eigenvalue weighted by atomic mass is 10.2. The number of nitrogens with zero attached hydrogens (tertiary/aromatic N) is 1. The van der Waals surface area contributed by atoms with E-state index in [1.54, 1.807) is 5.38 Å². The first-order valence-electron chi connectivity index (χ1n) is 7.40. The molecule has 2 heterocycles. The summed E-state index contributed by atoms with van der Waals surface area (Å²) in [7, 11) is 0. The molecule has 2 N–H and O–H groups in total. The van der Waals surface area contributed by atoms with Gasteiger partial charge in [0.1, 0.15) is 5.69 Å². The third-order valence-corrected chi connectivity index (χ3v) is 4.40. The van der Waals surface area contributed by atoms with Crippen molar-refractivity contribution in [2.45, 2.75) is 25.9 Å². The Balaban J connectivity index is 1.58. The zero-order chi connectivity index (χ0) is 15.4. The van der Waals surface area contributed by atoms with Crippen LogP contribution in [0, 0.1) is 6.92 Å². The van der Waals surface area contributed by atoms with Gasteiger partial charge in [-0.2, -0.15) is 0 Å². The zero-order valence-corrected chi connectivity index (χ0v) is 13.3. The number of ether oxygens (including phenoxy) is 1. The lowest BCUT2D eigenvalue weighted by Crippen LogP contribution is -2.31. The van der Waals surface area contributed by atoms with Gasteiger partial charge in [0.15, 0.2) is 5.13 Å². The summed E-state index contributed by atoms with van der Waals surface area (Å²) < 4.78 is 5.49. The third-order valence-electron chi connectivity index (χ3n) is 3.64. The highest BCUT2D eigenvalue weighted by molar-refractivity contribution is 7.14. The van der Waals surface area contributed by atoms with Gasteiger partial charge >= 0.3 is 0 Å². The van der Waals surface area contributed by atoms with Crippen molar-refractivity contribution in [1.29, 1.82) is 0 Å². The first-order chi connectivity index (χ1) is 10.7. The Labute approximate surface area is 133 Å². The maximum atomic E-state index is 12.1. The fraction of sp³-hybridized carbons (Fsp3) is 0.375. The summed E-state index contributed by atoms with van der Waals surface area (Å²) in [5.74, 6) is -0.149. The van der Waals surface area contributed by atoms with Crippen LogP contribution in [-0.4, -0.2) is 30.1 Å². The monoisotopic (exact) mass is 317 g/mol. The number of aromatic nitrogens is 1. The minimum Gasteiger partial charge on any atom is -0.376 e. The van der Waals surface area contributed by atoms with Crippen LogP contribution in [0.3, 0.4) is 0 Å².